The highest BCUT2D eigenvalue weighted by molar-refractivity contribution is 6.30. The number of amides is 1. The summed E-state index contributed by atoms with van der Waals surface area (Å²) in [4.78, 5) is 22.4. The summed E-state index contributed by atoms with van der Waals surface area (Å²) in [6.07, 6.45) is 3.69. The first-order chi connectivity index (χ1) is 11.7. The highest BCUT2D eigenvalue weighted by Gasteiger charge is 2.35. The third kappa shape index (κ3) is 2.76. The maximum Gasteiger partial charge on any atom is 0.232 e. The first-order valence-corrected chi connectivity index (χ1v) is 7.88. The number of hydrogen-bond donors (Lipinski definition) is 0. The molecule has 7 heteroatoms. The molecule has 4 rings (SSSR count). The van der Waals surface area contributed by atoms with Gasteiger partial charge in [0.1, 0.15) is 0 Å². The lowest BCUT2D eigenvalue weighted by Crippen LogP contribution is -2.24. The molecule has 1 amide bonds. The Labute approximate surface area is 143 Å². The number of rotatable bonds is 3. The summed E-state index contributed by atoms with van der Waals surface area (Å²) in [6, 6.07) is 10.8. The number of benzene rings is 1. The molecule has 2 aromatic heterocycles. The Morgan fingerprint density at radius 2 is 1.88 bits per heavy atom. The molecule has 0 saturated carbocycles. The maximum atomic E-state index is 12.3. The number of anilines is 1. The SMILES string of the molecule is O=C1CC(c2nc(-c3ccncc3)no2)CN1c1ccc(Cl)cc1. The van der Waals surface area contributed by atoms with Crippen molar-refractivity contribution in [2.75, 3.05) is 11.4 Å². The molecule has 1 atom stereocenters. The molecule has 0 N–H and O–H groups in total. The van der Waals surface area contributed by atoms with Gasteiger partial charge in [0.15, 0.2) is 0 Å². The fourth-order valence-electron chi connectivity index (χ4n) is 2.76. The van der Waals surface area contributed by atoms with Gasteiger partial charge < -0.3 is 9.42 Å². The summed E-state index contributed by atoms with van der Waals surface area (Å²) in [5.41, 5.74) is 1.65. The lowest BCUT2D eigenvalue weighted by Gasteiger charge is -2.15. The van der Waals surface area contributed by atoms with E-state index < -0.39 is 0 Å². The van der Waals surface area contributed by atoms with E-state index in [9.17, 15) is 4.79 Å². The lowest BCUT2D eigenvalue weighted by molar-refractivity contribution is -0.117. The van der Waals surface area contributed by atoms with Crippen LogP contribution in [0.2, 0.25) is 5.02 Å². The highest BCUT2D eigenvalue weighted by Crippen LogP contribution is 2.32. The van der Waals surface area contributed by atoms with Crippen LogP contribution in [0, 0.1) is 0 Å². The van der Waals surface area contributed by atoms with Gasteiger partial charge in [-0.1, -0.05) is 16.8 Å². The molecule has 0 bridgehead atoms. The molecule has 0 spiro atoms. The maximum absolute atomic E-state index is 12.3. The zero-order valence-corrected chi connectivity index (χ0v) is 13.3. The molecule has 1 aromatic carbocycles. The molecule has 1 aliphatic rings. The molecule has 0 radical (unpaired) electrons. The van der Waals surface area contributed by atoms with E-state index in [1.807, 2.05) is 24.3 Å². The summed E-state index contributed by atoms with van der Waals surface area (Å²) in [5, 5.41) is 4.64. The Balaban J connectivity index is 1.55. The molecular weight excluding hydrogens is 328 g/mol. The molecule has 1 saturated heterocycles. The van der Waals surface area contributed by atoms with Crippen molar-refractivity contribution in [3.05, 3.63) is 59.7 Å². The third-order valence-electron chi connectivity index (χ3n) is 3.99. The van der Waals surface area contributed by atoms with Crippen molar-refractivity contribution in [2.24, 2.45) is 0 Å². The molecule has 120 valence electrons. The van der Waals surface area contributed by atoms with Crippen LogP contribution in [-0.4, -0.2) is 27.6 Å². The van der Waals surface area contributed by atoms with Gasteiger partial charge >= 0.3 is 0 Å². The normalized spacial score (nSPS) is 17.5. The van der Waals surface area contributed by atoms with Crippen molar-refractivity contribution < 1.29 is 9.32 Å². The number of aromatic nitrogens is 3. The topological polar surface area (TPSA) is 72.1 Å². The fraction of sp³-hybridized carbons (Fsp3) is 0.176. The molecule has 1 fully saturated rings. The van der Waals surface area contributed by atoms with Gasteiger partial charge in [-0.15, -0.1) is 0 Å². The van der Waals surface area contributed by atoms with Gasteiger partial charge in [0.2, 0.25) is 17.6 Å². The van der Waals surface area contributed by atoms with Crippen LogP contribution in [0.3, 0.4) is 0 Å². The summed E-state index contributed by atoms with van der Waals surface area (Å²) in [7, 11) is 0. The second kappa shape index (κ2) is 6.05. The Morgan fingerprint density at radius 3 is 2.62 bits per heavy atom. The monoisotopic (exact) mass is 340 g/mol. The lowest BCUT2D eigenvalue weighted by atomic mass is 10.1. The molecule has 1 aliphatic heterocycles. The van der Waals surface area contributed by atoms with Gasteiger partial charge in [-0.3, -0.25) is 9.78 Å². The van der Waals surface area contributed by atoms with Gasteiger partial charge in [-0.25, -0.2) is 0 Å². The predicted molar refractivity (Wildman–Crippen MR) is 88.7 cm³/mol. The van der Waals surface area contributed by atoms with Gasteiger partial charge in [-0.2, -0.15) is 4.98 Å². The van der Waals surface area contributed by atoms with Crippen molar-refractivity contribution in [1.29, 1.82) is 0 Å². The van der Waals surface area contributed by atoms with Gasteiger partial charge in [0, 0.05) is 41.6 Å². The minimum Gasteiger partial charge on any atom is -0.339 e. The molecule has 24 heavy (non-hydrogen) atoms. The van der Waals surface area contributed by atoms with Gasteiger partial charge in [0.25, 0.3) is 0 Å². The van der Waals surface area contributed by atoms with Crippen molar-refractivity contribution in [3.63, 3.8) is 0 Å². The first kappa shape index (κ1) is 14.8. The number of hydrogen-bond acceptors (Lipinski definition) is 5. The quantitative estimate of drug-likeness (QED) is 0.731. The van der Waals surface area contributed by atoms with Crippen molar-refractivity contribution in [2.45, 2.75) is 12.3 Å². The average molecular weight is 341 g/mol. The largest absolute Gasteiger partial charge is 0.339 e. The zero-order chi connectivity index (χ0) is 16.5. The van der Waals surface area contributed by atoms with Crippen molar-refractivity contribution >= 4 is 23.2 Å². The number of carbonyl (C=O) groups is 1. The van der Waals surface area contributed by atoms with Crippen molar-refractivity contribution in [1.82, 2.24) is 15.1 Å². The third-order valence-corrected chi connectivity index (χ3v) is 4.24. The predicted octanol–water partition coefficient (Wildman–Crippen LogP) is 3.31. The van der Waals surface area contributed by atoms with Crippen LogP contribution < -0.4 is 4.90 Å². The van der Waals surface area contributed by atoms with E-state index in [4.69, 9.17) is 16.1 Å². The van der Waals surface area contributed by atoms with Crippen LogP contribution in [0.25, 0.3) is 11.4 Å². The van der Waals surface area contributed by atoms with E-state index >= 15 is 0 Å². The molecule has 0 aliphatic carbocycles. The number of carbonyl (C=O) groups excluding carboxylic acids is 1. The highest BCUT2D eigenvalue weighted by atomic mass is 35.5. The van der Waals surface area contributed by atoms with E-state index in [1.54, 1.807) is 29.4 Å². The zero-order valence-electron chi connectivity index (χ0n) is 12.6. The van der Waals surface area contributed by atoms with E-state index in [2.05, 4.69) is 15.1 Å². The molecular formula is C17H13ClN4O2. The molecule has 3 aromatic rings. The second-order valence-electron chi connectivity index (χ2n) is 5.57. The standard InChI is InChI=1S/C17H13ClN4O2/c18-13-1-3-14(4-2-13)22-10-12(9-15(22)23)17-20-16(21-24-17)11-5-7-19-8-6-11/h1-8,12H,9-10H2. The summed E-state index contributed by atoms with van der Waals surface area (Å²) in [5.74, 6) is 0.902. The Hall–Kier alpha value is -2.73. The second-order valence-corrected chi connectivity index (χ2v) is 6.01. The van der Waals surface area contributed by atoms with Crippen LogP contribution in [0.15, 0.2) is 53.3 Å². The van der Waals surface area contributed by atoms with Crippen LogP contribution in [0.1, 0.15) is 18.2 Å². The van der Waals surface area contributed by atoms with Crippen LogP contribution in [0.5, 0.6) is 0 Å². The first-order valence-electron chi connectivity index (χ1n) is 7.50. The van der Waals surface area contributed by atoms with Crippen molar-refractivity contribution in [3.8, 4) is 11.4 Å². The number of pyridine rings is 1. The van der Waals surface area contributed by atoms with E-state index in [0.29, 0.717) is 29.7 Å². The fourth-order valence-corrected chi connectivity index (χ4v) is 2.89. The van der Waals surface area contributed by atoms with E-state index in [0.717, 1.165) is 11.3 Å². The Morgan fingerprint density at radius 1 is 1.12 bits per heavy atom. The molecule has 6 nitrogen and oxygen atoms in total. The van der Waals surface area contributed by atoms with Gasteiger partial charge in [-0.05, 0) is 36.4 Å². The minimum atomic E-state index is -0.115. The minimum absolute atomic E-state index is 0.0333. The number of nitrogens with zero attached hydrogens (tertiary/aromatic N) is 4. The van der Waals surface area contributed by atoms with Crippen LogP contribution in [0.4, 0.5) is 5.69 Å². The van der Waals surface area contributed by atoms with E-state index in [1.165, 1.54) is 0 Å². The summed E-state index contributed by atoms with van der Waals surface area (Å²) < 4.78 is 5.37. The number of halogens is 1. The summed E-state index contributed by atoms with van der Waals surface area (Å²) in [6.45, 7) is 0.512. The van der Waals surface area contributed by atoms with Crippen LogP contribution >= 0.6 is 11.6 Å². The molecule has 1 unspecified atom stereocenters. The van der Waals surface area contributed by atoms with E-state index in [-0.39, 0.29) is 11.8 Å². The molecule has 3 heterocycles. The van der Waals surface area contributed by atoms with Crippen LogP contribution in [-0.2, 0) is 4.79 Å². The average Bonchev–Trinajstić information content (AvgIpc) is 3.23. The Kier molecular flexibility index (Phi) is 3.74. The Bertz CT molecular complexity index is 864. The smallest absolute Gasteiger partial charge is 0.232 e. The summed E-state index contributed by atoms with van der Waals surface area (Å²) >= 11 is 5.90. The van der Waals surface area contributed by atoms with Gasteiger partial charge in [0.05, 0.1) is 5.92 Å².